The number of rotatable bonds is 3. The summed E-state index contributed by atoms with van der Waals surface area (Å²) >= 11 is 5.92. The molecule has 0 amide bonds. The fourth-order valence-electron chi connectivity index (χ4n) is 2.79. The molecule has 22 heavy (non-hydrogen) atoms. The molecule has 0 radical (unpaired) electrons. The van der Waals surface area contributed by atoms with E-state index in [1.807, 2.05) is 30.3 Å². The number of benzene rings is 1. The van der Waals surface area contributed by atoms with Crippen LogP contribution in [0, 0.1) is 5.92 Å². The maximum absolute atomic E-state index is 12.5. The summed E-state index contributed by atoms with van der Waals surface area (Å²) in [5.74, 6) is 1.18. The topological polar surface area (TPSA) is 72.1 Å². The van der Waals surface area contributed by atoms with Crippen LogP contribution in [-0.2, 0) is 0 Å². The lowest BCUT2D eigenvalue weighted by molar-refractivity contribution is 0.0900. The van der Waals surface area contributed by atoms with E-state index in [0.29, 0.717) is 5.15 Å². The molecule has 1 saturated heterocycles. The average Bonchev–Trinajstić information content (AvgIpc) is 2.54. The molecule has 0 unspecified atom stereocenters. The van der Waals surface area contributed by atoms with Crippen molar-refractivity contribution in [2.45, 2.75) is 12.8 Å². The maximum atomic E-state index is 12.5. The number of anilines is 2. The first-order valence-electron chi connectivity index (χ1n) is 7.28. The van der Waals surface area contributed by atoms with Crippen LogP contribution in [0.2, 0.25) is 5.15 Å². The Morgan fingerprint density at radius 3 is 2.50 bits per heavy atom. The number of aromatic nitrogens is 2. The molecule has 114 valence electrons. The molecule has 1 aromatic heterocycles. The van der Waals surface area contributed by atoms with Gasteiger partial charge in [-0.15, -0.1) is 0 Å². The van der Waals surface area contributed by atoms with Crippen LogP contribution in [0.3, 0.4) is 0 Å². The van der Waals surface area contributed by atoms with Gasteiger partial charge in [0.2, 0.25) is 5.95 Å². The van der Waals surface area contributed by atoms with Gasteiger partial charge in [-0.3, -0.25) is 4.79 Å². The lowest BCUT2D eigenvalue weighted by atomic mass is 9.89. The molecule has 2 N–H and O–H groups in total. The third-order valence-corrected chi connectivity index (χ3v) is 4.14. The number of carbonyl (C=O) groups excluding carboxylic acids is 1. The largest absolute Gasteiger partial charge is 0.368 e. The van der Waals surface area contributed by atoms with Crippen LogP contribution < -0.4 is 10.6 Å². The standard InChI is InChI=1S/C16H17ClN4O/c17-13-10-14(20-16(18)19-13)21-8-6-12(7-9-21)15(22)11-4-2-1-3-5-11/h1-5,10,12H,6-9H2,(H2,18,19,20). The molecular formula is C16H17ClN4O. The van der Waals surface area contributed by atoms with Gasteiger partial charge in [0.05, 0.1) is 0 Å². The summed E-state index contributed by atoms with van der Waals surface area (Å²) in [6.07, 6.45) is 1.60. The van der Waals surface area contributed by atoms with Crippen molar-refractivity contribution in [1.82, 2.24) is 9.97 Å². The first-order valence-corrected chi connectivity index (χ1v) is 7.65. The minimum Gasteiger partial charge on any atom is -0.368 e. The van der Waals surface area contributed by atoms with Gasteiger partial charge in [0.15, 0.2) is 5.78 Å². The fraction of sp³-hybridized carbons (Fsp3) is 0.312. The van der Waals surface area contributed by atoms with E-state index in [9.17, 15) is 4.79 Å². The van der Waals surface area contributed by atoms with Crippen molar-refractivity contribution in [2.24, 2.45) is 5.92 Å². The molecule has 1 aliphatic heterocycles. The minimum atomic E-state index is 0.0632. The van der Waals surface area contributed by atoms with Gasteiger partial charge < -0.3 is 10.6 Å². The van der Waals surface area contributed by atoms with Crippen molar-refractivity contribution in [2.75, 3.05) is 23.7 Å². The van der Waals surface area contributed by atoms with Crippen LogP contribution in [0.4, 0.5) is 11.8 Å². The smallest absolute Gasteiger partial charge is 0.223 e. The number of ketones is 1. The van der Waals surface area contributed by atoms with Crippen molar-refractivity contribution in [3.05, 3.63) is 47.1 Å². The molecule has 1 fully saturated rings. The number of nitrogens with two attached hydrogens (primary N) is 1. The first kappa shape index (κ1) is 14.8. The highest BCUT2D eigenvalue weighted by Gasteiger charge is 2.26. The Labute approximate surface area is 134 Å². The molecule has 0 spiro atoms. The number of Topliss-reactive ketones (excluding diaryl/α,β-unsaturated/α-hetero) is 1. The predicted octanol–water partition coefficient (Wildman–Crippen LogP) is 2.81. The quantitative estimate of drug-likeness (QED) is 0.696. The molecule has 0 aliphatic carbocycles. The Bertz CT molecular complexity index is 649. The molecule has 1 aromatic carbocycles. The van der Waals surface area contributed by atoms with E-state index in [4.69, 9.17) is 17.3 Å². The number of halogens is 1. The van der Waals surface area contributed by atoms with E-state index in [1.54, 1.807) is 6.07 Å². The molecule has 6 heteroatoms. The third kappa shape index (κ3) is 3.20. The van der Waals surface area contributed by atoms with Crippen molar-refractivity contribution in [3.8, 4) is 0 Å². The number of hydrogen-bond acceptors (Lipinski definition) is 5. The highest BCUT2D eigenvalue weighted by atomic mass is 35.5. The molecule has 2 aromatic rings. The monoisotopic (exact) mass is 316 g/mol. The van der Waals surface area contributed by atoms with Gasteiger partial charge in [-0.05, 0) is 12.8 Å². The second kappa shape index (κ2) is 6.32. The van der Waals surface area contributed by atoms with E-state index in [-0.39, 0.29) is 17.6 Å². The molecule has 2 heterocycles. The van der Waals surface area contributed by atoms with Gasteiger partial charge in [0.1, 0.15) is 11.0 Å². The van der Waals surface area contributed by atoms with Crippen LogP contribution in [0.1, 0.15) is 23.2 Å². The van der Waals surface area contributed by atoms with Crippen molar-refractivity contribution < 1.29 is 4.79 Å². The Balaban J connectivity index is 1.66. The van der Waals surface area contributed by atoms with Gasteiger partial charge in [0, 0.05) is 30.6 Å². The van der Waals surface area contributed by atoms with Gasteiger partial charge in [-0.2, -0.15) is 4.98 Å². The van der Waals surface area contributed by atoms with Crippen molar-refractivity contribution >= 4 is 29.2 Å². The fourth-order valence-corrected chi connectivity index (χ4v) is 2.98. The van der Waals surface area contributed by atoms with Gasteiger partial charge in [-0.25, -0.2) is 4.98 Å². The van der Waals surface area contributed by atoms with Crippen LogP contribution in [0.25, 0.3) is 0 Å². The predicted molar refractivity (Wildman–Crippen MR) is 87.2 cm³/mol. The second-order valence-electron chi connectivity index (χ2n) is 5.40. The SMILES string of the molecule is Nc1nc(Cl)cc(N2CCC(C(=O)c3ccccc3)CC2)n1. The van der Waals surface area contributed by atoms with Crippen LogP contribution in [-0.4, -0.2) is 28.8 Å². The Hall–Kier alpha value is -2.14. The maximum Gasteiger partial charge on any atom is 0.223 e. The summed E-state index contributed by atoms with van der Waals surface area (Å²) in [7, 11) is 0. The number of hydrogen-bond donors (Lipinski definition) is 1. The zero-order chi connectivity index (χ0) is 15.5. The molecule has 3 rings (SSSR count). The normalized spacial score (nSPS) is 15.8. The van der Waals surface area contributed by atoms with E-state index in [2.05, 4.69) is 14.9 Å². The van der Waals surface area contributed by atoms with E-state index in [0.717, 1.165) is 37.3 Å². The van der Waals surface area contributed by atoms with Gasteiger partial charge in [-0.1, -0.05) is 41.9 Å². The number of carbonyl (C=O) groups is 1. The Morgan fingerprint density at radius 1 is 1.18 bits per heavy atom. The summed E-state index contributed by atoms with van der Waals surface area (Å²) in [5, 5.41) is 0.338. The highest BCUT2D eigenvalue weighted by molar-refractivity contribution is 6.29. The lowest BCUT2D eigenvalue weighted by Crippen LogP contribution is -2.37. The number of nitrogens with zero attached hydrogens (tertiary/aromatic N) is 3. The van der Waals surface area contributed by atoms with Crippen LogP contribution >= 0.6 is 11.6 Å². The summed E-state index contributed by atoms with van der Waals surface area (Å²) < 4.78 is 0. The third-order valence-electron chi connectivity index (χ3n) is 3.95. The summed E-state index contributed by atoms with van der Waals surface area (Å²) in [5.41, 5.74) is 6.42. The first-order chi connectivity index (χ1) is 10.6. The molecule has 5 nitrogen and oxygen atoms in total. The molecule has 0 atom stereocenters. The second-order valence-corrected chi connectivity index (χ2v) is 5.79. The van der Waals surface area contributed by atoms with Gasteiger partial charge in [0.25, 0.3) is 0 Å². The number of piperidine rings is 1. The number of nitrogen functional groups attached to an aromatic ring is 1. The van der Waals surface area contributed by atoms with E-state index < -0.39 is 0 Å². The van der Waals surface area contributed by atoms with Crippen LogP contribution in [0.5, 0.6) is 0 Å². The average molecular weight is 317 g/mol. The van der Waals surface area contributed by atoms with E-state index >= 15 is 0 Å². The highest BCUT2D eigenvalue weighted by Crippen LogP contribution is 2.26. The minimum absolute atomic E-state index is 0.0632. The summed E-state index contributed by atoms with van der Waals surface area (Å²) in [4.78, 5) is 22.6. The summed E-state index contributed by atoms with van der Waals surface area (Å²) in [6, 6.07) is 11.2. The van der Waals surface area contributed by atoms with E-state index in [1.165, 1.54) is 0 Å². The van der Waals surface area contributed by atoms with Gasteiger partial charge >= 0.3 is 0 Å². The molecule has 0 saturated carbocycles. The molecule has 0 bridgehead atoms. The molecule has 1 aliphatic rings. The zero-order valence-electron chi connectivity index (χ0n) is 12.1. The van der Waals surface area contributed by atoms with Crippen molar-refractivity contribution in [3.63, 3.8) is 0 Å². The molecular weight excluding hydrogens is 300 g/mol. The Kier molecular flexibility index (Phi) is 4.24. The van der Waals surface area contributed by atoms with Crippen LogP contribution in [0.15, 0.2) is 36.4 Å². The zero-order valence-corrected chi connectivity index (χ0v) is 12.8. The lowest BCUT2D eigenvalue weighted by Gasteiger charge is -2.32. The van der Waals surface area contributed by atoms with Crippen molar-refractivity contribution in [1.29, 1.82) is 0 Å². The summed E-state index contributed by atoms with van der Waals surface area (Å²) in [6.45, 7) is 1.52. The Morgan fingerprint density at radius 2 is 1.86 bits per heavy atom.